The fourth-order valence-corrected chi connectivity index (χ4v) is 3.22. The van der Waals surface area contributed by atoms with Crippen molar-refractivity contribution in [2.45, 2.75) is 25.3 Å². The van der Waals surface area contributed by atoms with Crippen LogP contribution in [0.1, 0.15) is 34.4 Å². The van der Waals surface area contributed by atoms with Gasteiger partial charge in [0.05, 0.1) is 12.1 Å². The molecule has 2 aromatic heterocycles. The van der Waals surface area contributed by atoms with Crippen LogP contribution in [0, 0.1) is 0 Å². The number of hydrogen-bond acceptors (Lipinski definition) is 4. The molecule has 1 saturated heterocycles. The minimum Gasteiger partial charge on any atom is -0.342 e. The van der Waals surface area contributed by atoms with E-state index in [4.69, 9.17) is 0 Å². The van der Waals surface area contributed by atoms with Crippen molar-refractivity contribution in [3.05, 3.63) is 40.6 Å². The van der Waals surface area contributed by atoms with Gasteiger partial charge in [0.15, 0.2) is 5.78 Å². The summed E-state index contributed by atoms with van der Waals surface area (Å²) in [5.41, 5.74) is 0.821. The summed E-state index contributed by atoms with van der Waals surface area (Å²) in [6.45, 7) is 2.06. The first-order valence-electron chi connectivity index (χ1n) is 6.64. The second-order valence-electron chi connectivity index (χ2n) is 4.81. The van der Waals surface area contributed by atoms with E-state index in [-0.39, 0.29) is 5.78 Å². The van der Waals surface area contributed by atoms with Crippen molar-refractivity contribution in [2.24, 2.45) is 0 Å². The summed E-state index contributed by atoms with van der Waals surface area (Å²) >= 11 is 1.54. The molecule has 2 aromatic rings. The van der Waals surface area contributed by atoms with E-state index in [0.717, 1.165) is 36.6 Å². The van der Waals surface area contributed by atoms with E-state index in [2.05, 4.69) is 14.9 Å². The number of thiazole rings is 1. The van der Waals surface area contributed by atoms with Crippen LogP contribution in [0.3, 0.4) is 0 Å². The number of piperidine rings is 1. The molecule has 0 aliphatic carbocycles. The first kappa shape index (κ1) is 12.6. The zero-order valence-corrected chi connectivity index (χ0v) is 11.5. The number of ketones is 1. The van der Waals surface area contributed by atoms with Crippen LogP contribution in [0.2, 0.25) is 0 Å². The third-order valence-corrected chi connectivity index (χ3v) is 4.34. The number of hydrogen-bond donors (Lipinski definition) is 1. The van der Waals surface area contributed by atoms with E-state index in [0.29, 0.717) is 12.5 Å². The Balaban J connectivity index is 1.77. The SMILES string of the molecule is O=C(Cc1nccs1)c1cccn1C1CCNCC1. The molecule has 0 bridgehead atoms. The summed E-state index contributed by atoms with van der Waals surface area (Å²) in [5, 5.41) is 6.16. The van der Waals surface area contributed by atoms with Crippen LogP contribution in [0.4, 0.5) is 0 Å². The number of carbonyl (C=O) groups is 1. The zero-order valence-electron chi connectivity index (χ0n) is 10.7. The van der Waals surface area contributed by atoms with Gasteiger partial charge < -0.3 is 9.88 Å². The minimum absolute atomic E-state index is 0.165. The highest BCUT2D eigenvalue weighted by Gasteiger charge is 2.20. The molecule has 5 heteroatoms. The van der Waals surface area contributed by atoms with E-state index >= 15 is 0 Å². The molecule has 0 radical (unpaired) electrons. The highest BCUT2D eigenvalue weighted by atomic mass is 32.1. The van der Waals surface area contributed by atoms with E-state index in [9.17, 15) is 4.79 Å². The Bertz CT molecular complexity index is 541. The standard InChI is InChI=1S/C14H17N3OS/c18-13(10-14-16-7-9-19-14)12-2-1-8-17(12)11-3-5-15-6-4-11/h1-2,7-9,11,15H,3-6,10H2. The summed E-state index contributed by atoms with van der Waals surface area (Å²) in [4.78, 5) is 16.6. The van der Waals surface area contributed by atoms with Crippen LogP contribution in [0.25, 0.3) is 0 Å². The van der Waals surface area contributed by atoms with Gasteiger partial charge in [0.25, 0.3) is 0 Å². The number of Topliss-reactive ketones (excluding diaryl/α,β-unsaturated/α-hetero) is 1. The molecule has 4 nitrogen and oxygen atoms in total. The molecule has 1 fully saturated rings. The molecule has 3 rings (SSSR count). The Labute approximate surface area is 116 Å². The Morgan fingerprint density at radius 2 is 2.32 bits per heavy atom. The van der Waals surface area contributed by atoms with Gasteiger partial charge in [-0.25, -0.2) is 4.98 Å². The first-order valence-corrected chi connectivity index (χ1v) is 7.51. The zero-order chi connectivity index (χ0) is 13.1. The normalized spacial score (nSPS) is 16.6. The van der Waals surface area contributed by atoms with Gasteiger partial charge in [-0.3, -0.25) is 4.79 Å². The Morgan fingerprint density at radius 3 is 3.05 bits per heavy atom. The fourth-order valence-electron chi connectivity index (χ4n) is 2.60. The maximum Gasteiger partial charge on any atom is 0.186 e. The van der Waals surface area contributed by atoms with Gasteiger partial charge in [-0.15, -0.1) is 11.3 Å². The molecule has 19 heavy (non-hydrogen) atoms. The predicted molar refractivity (Wildman–Crippen MR) is 75.7 cm³/mol. The number of carbonyl (C=O) groups excluding carboxylic acids is 1. The van der Waals surface area contributed by atoms with E-state index in [1.54, 1.807) is 6.20 Å². The molecule has 0 unspecified atom stereocenters. The van der Waals surface area contributed by atoms with Crippen molar-refractivity contribution in [3.63, 3.8) is 0 Å². The molecule has 3 heterocycles. The molecule has 100 valence electrons. The topological polar surface area (TPSA) is 46.9 Å². The summed E-state index contributed by atoms with van der Waals surface area (Å²) < 4.78 is 2.15. The molecule has 1 aliphatic heterocycles. The molecule has 0 saturated carbocycles. The van der Waals surface area contributed by atoms with Crippen LogP contribution in [-0.4, -0.2) is 28.4 Å². The van der Waals surface area contributed by atoms with E-state index in [1.165, 1.54) is 11.3 Å². The summed E-state index contributed by atoms with van der Waals surface area (Å²) in [7, 11) is 0. The van der Waals surface area contributed by atoms with Crippen molar-refractivity contribution < 1.29 is 4.79 Å². The Morgan fingerprint density at radius 1 is 1.47 bits per heavy atom. The molecule has 0 aromatic carbocycles. The van der Waals surface area contributed by atoms with Crippen LogP contribution in [0.15, 0.2) is 29.9 Å². The van der Waals surface area contributed by atoms with Crippen molar-refractivity contribution in [3.8, 4) is 0 Å². The first-order chi connectivity index (χ1) is 9.34. The number of aromatic nitrogens is 2. The van der Waals surface area contributed by atoms with Crippen LogP contribution >= 0.6 is 11.3 Å². The van der Waals surface area contributed by atoms with Crippen molar-refractivity contribution in [1.82, 2.24) is 14.9 Å². The average molecular weight is 275 g/mol. The second kappa shape index (κ2) is 5.67. The van der Waals surface area contributed by atoms with Gasteiger partial charge in [-0.1, -0.05) is 0 Å². The third-order valence-electron chi connectivity index (χ3n) is 3.56. The van der Waals surface area contributed by atoms with Crippen molar-refractivity contribution in [2.75, 3.05) is 13.1 Å². The highest BCUT2D eigenvalue weighted by molar-refractivity contribution is 7.09. The predicted octanol–water partition coefficient (Wildman–Crippen LogP) is 2.29. The monoisotopic (exact) mass is 275 g/mol. The number of nitrogens with zero attached hydrogens (tertiary/aromatic N) is 2. The molecule has 0 spiro atoms. The average Bonchev–Trinajstić information content (AvgIpc) is 3.10. The fraction of sp³-hybridized carbons (Fsp3) is 0.429. The third kappa shape index (κ3) is 2.77. The minimum atomic E-state index is 0.165. The highest BCUT2D eigenvalue weighted by Crippen LogP contribution is 2.22. The smallest absolute Gasteiger partial charge is 0.186 e. The molecule has 1 N–H and O–H groups in total. The molecule has 0 amide bonds. The molecular weight excluding hydrogens is 258 g/mol. The number of nitrogens with one attached hydrogen (secondary N) is 1. The van der Waals surface area contributed by atoms with Gasteiger partial charge in [-0.05, 0) is 38.1 Å². The van der Waals surface area contributed by atoms with Crippen molar-refractivity contribution >= 4 is 17.1 Å². The maximum absolute atomic E-state index is 12.4. The van der Waals surface area contributed by atoms with Gasteiger partial charge in [0, 0.05) is 23.8 Å². The Kier molecular flexibility index (Phi) is 3.75. The van der Waals surface area contributed by atoms with Crippen molar-refractivity contribution in [1.29, 1.82) is 0 Å². The molecular formula is C14H17N3OS. The molecule has 1 aliphatic rings. The van der Waals surface area contributed by atoms with Crippen LogP contribution in [-0.2, 0) is 6.42 Å². The Hall–Kier alpha value is -1.46. The number of rotatable bonds is 4. The van der Waals surface area contributed by atoms with E-state index < -0.39 is 0 Å². The lowest BCUT2D eigenvalue weighted by Gasteiger charge is -2.25. The summed E-state index contributed by atoms with van der Waals surface area (Å²) in [6, 6.07) is 4.35. The lowest BCUT2D eigenvalue weighted by Crippen LogP contribution is -2.30. The maximum atomic E-state index is 12.4. The van der Waals surface area contributed by atoms with Gasteiger partial charge in [-0.2, -0.15) is 0 Å². The van der Waals surface area contributed by atoms with E-state index in [1.807, 2.05) is 23.7 Å². The second-order valence-corrected chi connectivity index (χ2v) is 5.79. The molecule has 0 atom stereocenters. The summed E-state index contributed by atoms with van der Waals surface area (Å²) in [5.74, 6) is 0.165. The quantitative estimate of drug-likeness (QED) is 0.871. The van der Waals surface area contributed by atoms with Gasteiger partial charge in [0.1, 0.15) is 5.01 Å². The van der Waals surface area contributed by atoms with Crippen LogP contribution < -0.4 is 5.32 Å². The summed E-state index contributed by atoms with van der Waals surface area (Å²) in [6.07, 6.45) is 6.37. The lowest BCUT2D eigenvalue weighted by atomic mass is 10.1. The van der Waals surface area contributed by atoms with Gasteiger partial charge in [0.2, 0.25) is 0 Å². The lowest BCUT2D eigenvalue weighted by molar-refractivity contribution is 0.0980. The largest absolute Gasteiger partial charge is 0.342 e. The van der Waals surface area contributed by atoms with Gasteiger partial charge >= 0.3 is 0 Å². The van der Waals surface area contributed by atoms with Crippen LogP contribution in [0.5, 0.6) is 0 Å².